The highest BCUT2D eigenvalue weighted by molar-refractivity contribution is 7.17. The average molecular weight is 238 g/mol. The lowest BCUT2D eigenvalue weighted by molar-refractivity contribution is 0.102. The van der Waals surface area contributed by atoms with Crippen LogP contribution in [0.2, 0.25) is 0 Å². The average Bonchev–Trinajstić information content (AvgIpc) is 2.98. The molecule has 1 saturated carbocycles. The summed E-state index contributed by atoms with van der Waals surface area (Å²) in [5.74, 6) is 0.133. The van der Waals surface area contributed by atoms with Gasteiger partial charge in [0.1, 0.15) is 0 Å². The number of aryl methyl sites for hydroxylation is 1. The second-order valence-electron chi connectivity index (χ2n) is 4.39. The van der Waals surface area contributed by atoms with Crippen molar-refractivity contribution in [2.45, 2.75) is 46.1 Å². The largest absolute Gasteiger partial charge is 0.345 e. The maximum absolute atomic E-state index is 11.4. The summed E-state index contributed by atoms with van der Waals surface area (Å²) in [6.45, 7) is 6.77. The molecule has 2 rings (SSSR count). The number of nitrogens with zero attached hydrogens (tertiary/aromatic N) is 2. The summed E-state index contributed by atoms with van der Waals surface area (Å²) in [5, 5.41) is 1.03. The van der Waals surface area contributed by atoms with Gasteiger partial charge in [0, 0.05) is 19.5 Å². The number of anilines is 1. The Morgan fingerprint density at radius 1 is 1.56 bits per heavy atom. The van der Waals surface area contributed by atoms with E-state index in [4.69, 9.17) is 0 Å². The van der Waals surface area contributed by atoms with Crippen LogP contribution in [0.3, 0.4) is 0 Å². The van der Waals surface area contributed by atoms with E-state index in [0.29, 0.717) is 6.04 Å². The van der Waals surface area contributed by atoms with E-state index in [9.17, 15) is 4.79 Å². The van der Waals surface area contributed by atoms with E-state index in [-0.39, 0.29) is 5.78 Å². The molecule has 1 aliphatic rings. The third-order valence-corrected chi connectivity index (χ3v) is 4.10. The molecule has 1 heterocycles. The third kappa shape index (κ3) is 2.26. The standard InChI is InChI=1S/C12H18N2OS/c1-4-7-14(10-5-6-10)12-13-8(2)11(16-12)9(3)15/h10H,4-7H2,1-3H3. The molecule has 0 spiro atoms. The first kappa shape index (κ1) is 11.6. The van der Waals surface area contributed by atoms with E-state index in [0.717, 1.165) is 28.7 Å². The normalized spacial score (nSPS) is 15.2. The van der Waals surface area contributed by atoms with Crippen molar-refractivity contribution in [3.8, 4) is 0 Å². The zero-order chi connectivity index (χ0) is 11.7. The van der Waals surface area contributed by atoms with E-state index in [1.165, 1.54) is 12.8 Å². The van der Waals surface area contributed by atoms with E-state index >= 15 is 0 Å². The Balaban J connectivity index is 2.23. The molecule has 0 aromatic carbocycles. The van der Waals surface area contributed by atoms with Crippen LogP contribution in [0, 0.1) is 6.92 Å². The van der Waals surface area contributed by atoms with Gasteiger partial charge in [-0.05, 0) is 26.2 Å². The first-order valence-electron chi connectivity index (χ1n) is 5.88. The minimum atomic E-state index is 0.133. The maximum atomic E-state index is 11.4. The Morgan fingerprint density at radius 3 is 2.69 bits per heavy atom. The van der Waals surface area contributed by atoms with Crippen molar-refractivity contribution in [1.29, 1.82) is 0 Å². The molecule has 0 bridgehead atoms. The Bertz CT molecular complexity index is 396. The van der Waals surface area contributed by atoms with Gasteiger partial charge in [0.05, 0.1) is 10.6 Å². The molecule has 0 radical (unpaired) electrons. The highest BCUT2D eigenvalue weighted by Gasteiger charge is 2.31. The van der Waals surface area contributed by atoms with E-state index in [1.54, 1.807) is 18.3 Å². The molecule has 0 aliphatic heterocycles. The van der Waals surface area contributed by atoms with Crippen molar-refractivity contribution < 1.29 is 4.79 Å². The number of hydrogen-bond donors (Lipinski definition) is 0. The van der Waals surface area contributed by atoms with E-state index in [1.807, 2.05) is 6.92 Å². The highest BCUT2D eigenvalue weighted by Crippen LogP contribution is 2.35. The van der Waals surface area contributed by atoms with Gasteiger partial charge in [-0.3, -0.25) is 4.79 Å². The van der Waals surface area contributed by atoms with Crippen LogP contribution in [0.15, 0.2) is 0 Å². The summed E-state index contributed by atoms with van der Waals surface area (Å²) in [4.78, 5) is 19.1. The Labute approximate surface area is 100 Å². The molecule has 88 valence electrons. The molecule has 0 saturated heterocycles. The minimum Gasteiger partial charge on any atom is -0.345 e. The number of thiazole rings is 1. The van der Waals surface area contributed by atoms with Gasteiger partial charge in [0.2, 0.25) is 0 Å². The molecule has 0 amide bonds. The predicted octanol–water partition coefficient (Wildman–Crippen LogP) is 3.03. The number of rotatable bonds is 5. The van der Waals surface area contributed by atoms with Crippen molar-refractivity contribution in [2.75, 3.05) is 11.4 Å². The van der Waals surface area contributed by atoms with Crippen molar-refractivity contribution in [3.63, 3.8) is 0 Å². The summed E-state index contributed by atoms with van der Waals surface area (Å²) in [7, 11) is 0. The monoisotopic (exact) mass is 238 g/mol. The molecule has 0 atom stereocenters. The van der Waals surface area contributed by atoms with Crippen LogP contribution < -0.4 is 4.90 Å². The molecule has 4 heteroatoms. The van der Waals surface area contributed by atoms with Crippen LogP contribution in [0.5, 0.6) is 0 Å². The van der Waals surface area contributed by atoms with Gasteiger partial charge in [0.15, 0.2) is 10.9 Å². The van der Waals surface area contributed by atoms with Crippen molar-refractivity contribution in [1.82, 2.24) is 4.98 Å². The second kappa shape index (κ2) is 4.53. The van der Waals surface area contributed by atoms with Crippen LogP contribution in [0.1, 0.15) is 48.5 Å². The topological polar surface area (TPSA) is 33.2 Å². The quantitative estimate of drug-likeness (QED) is 0.739. The number of hydrogen-bond acceptors (Lipinski definition) is 4. The van der Waals surface area contributed by atoms with Crippen LogP contribution in [-0.2, 0) is 0 Å². The number of carbonyl (C=O) groups excluding carboxylic acids is 1. The van der Waals surface area contributed by atoms with Gasteiger partial charge < -0.3 is 4.90 Å². The first-order chi connectivity index (χ1) is 7.63. The summed E-state index contributed by atoms with van der Waals surface area (Å²) in [5.41, 5.74) is 0.884. The Hall–Kier alpha value is -0.900. The number of carbonyl (C=O) groups is 1. The lowest BCUT2D eigenvalue weighted by Crippen LogP contribution is -2.26. The van der Waals surface area contributed by atoms with E-state index in [2.05, 4.69) is 16.8 Å². The molecule has 0 N–H and O–H groups in total. The Morgan fingerprint density at radius 2 is 2.25 bits per heavy atom. The van der Waals surface area contributed by atoms with Crippen molar-refractivity contribution in [2.24, 2.45) is 0 Å². The van der Waals surface area contributed by atoms with Gasteiger partial charge in [-0.2, -0.15) is 0 Å². The smallest absolute Gasteiger partial charge is 0.186 e. The van der Waals surface area contributed by atoms with Gasteiger partial charge in [-0.1, -0.05) is 18.3 Å². The molecule has 1 fully saturated rings. The number of ketones is 1. The van der Waals surface area contributed by atoms with Crippen LogP contribution in [0.4, 0.5) is 5.13 Å². The van der Waals surface area contributed by atoms with Gasteiger partial charge in [0.25, 0.3) is 0 Å². The number of aromatic nitrogens is 1. The summed E-state index contributed by atoms with van der Waals surface area (Å²) in [6.07, 6.45) is 3.67. The van der Waals surface area contributed by atoms with Crippen LogP contribution >= 0.6 is 11.3 Å². The molecule has 0 unspecified atom stereocenters. The van der Waals surface area contributed by atoms with Gasteiger partial charge >= 0.3 is 0 Å². The third-order valence-electron chi connectivity index (χ3n) is 2.80. The fourth-order valence-corrected chi connectivity index (χ4v) is 2.95. The molecule has 1 aromatic rings. The van der Waals surface area contributed by atoms with Gasteiger partial charge in [-0.15, -0.1) is 0 Å². The Kier molecular flexibility index (Phi) is 3.28. The molecular weight excluding hydrogens is 220 g/mol. The van der Waals surface area contributed by atoms with Gasteiger partial charge in [-0.25, -0.2) is 4.98 Å². The summed E-state index contributed by atoms with van der Waals surface area (Å²) >= 11 is 1.55. The molecular formula is C12H18N2OS. The number of Topliss-reactive ketones (excluding diaryl/α,β-unsaturated/α-hetero) is 1. The molecule has 1 aliphatic carbocycles. The zero-order valence-electron chi connectivity index (χ0n) is 10.1. The van der Waals surface area contributed by atoms with Crippen LogP contribution in [-0.4, -0.2) is 23.4 Å². The summed E-state index contributed by atoms with van der Waals surface area (Å²) in [6, 6.07) is 0.672. The van der Waals surface area contributed by atoms with Crippen LogP contribution in [0.25, 0.3) is 0 Å². The maximum Gasteiger partial charge on any atom is 0.186 e. The predicted molar refractivity (Wildman–Crippen MR) is 67.5 cm³/mol. The van der Waals surface area contributed by atoms with Crippen molar-refractivity contribution in [3.05, 3.63) is 10.6 Å². The highest BCUT2D eigenvalue weighted by atomic mass is 32.1. The SMILES string of the molecule is CCCN(c1nc(C)c(C(C)=O)s1)C1CC1. The molecule has 16 heavy (non-hydrogen) atoms. The van der Waals surface area contributed by atoms with Crippen molar-refractivity contribution >= 4 is 22.3 Å². The second-order valence-corrected chi connectivity index (χ2v) is 5.37. The fourth-order valence-electron chi connectivity index (χ4n) is 1.89. The summed E-state index contributed by atoms with van der Waals surface area (Å²) < 4.78 is 0. The molecule has 1 aromatic heterocycles. The lowest BCUT2D eigenvalue weighted by atomic mass is 10.3. The zero-order valence-corrected chi connectivity index (χ0v) is 10.9. The lowest BCUT2D eigenvalue weighted by Gasteiger charge is -2.20. The molecule has 3 nitrogen and oxygen atoms in total. The minimum absolute atomic E-state index is 0.133. The first-order valence-corrected chi connectivity index (χ1v) is 6.70. The fraction of sp³-hybridized carbons (Fsp3) is 0.667. The van der Waals surface area contributed by atoms with E-state index < -0.39 is 0 Å².